The van der Waals surface area contributed by atoms with E-state index in [-0.39, 0.29) is 5.82 Å². The standard InChI is InChI=1S/C28H37FO/c1-3-5-7-9-22-10-19-27(28(29)21-22)25-13-11-23(12-14-25)24-15-17-26(18-16-24)30-20-8-6-4-2/h3,5,10-14,19,21,24,26H,4,6-9,15-18,20H2,1-2H3/b5-3+. The van der Waals surface area contributed by atoms with Gasteiger partial charge in [0, 0.05) is 12.2 Å². The average molecular weight is 409 g/mol. The van der Waals surface area contributed by atoms with E-state index in [1.165, 1.54) is 37.7 Å². The maximum atomic E-state index is 14.7. The fourth-order valence-corrected chi connectivity index (χ4v) is 4.46. The summed E-state index contributed by atoms with van der Waals surface area (Å²) in [6, 6.07) is 14.2. The lowest BCUT2D eigenvalue weighted by Crippen LogP contribution is -2.21. The molecule has 0 aromatic heterocycles. The molecule has 0 unspecified atom stereocenters. The van der Waals surface area contributed by atoms with Gasteiger partial charge in [0.2, 0.25) is 0 Å². The van der Waals surface area contributed by atoms with E-state index < -0.39 is 0 Å². The van der Waals surface area contributed by atoms with Gasteiger partial charge in [-0.1, -0.05) is 68.3 Å². The van der Waals surface area contributed by atoms with Crippen molar-refractivity contribution in [1.29, 1.82) is 0 Å². The highest BCUT2D eigenvalue weighted by Crippen LogP contribution is 2.35. The molecule has 1 aliphatic rings. The van der Waals surface area contributed by atoms with Gasteiger partial charge in [0.1, 0.15) is 5.82 Å². The van der Waals surface area contributed by atoms with Gasteiger partial charge in [-0.25, -0.2) is 4.39 Å². The maximum Gasteiger partial charge on any atom is 0.131 e. The Balaban J connectivity index is 1.54. The van der Waals surface area contributed by atoms with Crippen molar-refractivity contribution in [2.75, 3.05) is 6.61 Å². The Hall–Kier alpha value is -1.93. The average Bonchev–Trinajstić information content (AvgIpc) is 2.78. The van der Waals surface area contributed by atoms with Crippen molar-refractivity contribution in [3.8, 4) is 11.1 Å². The minimum absolute atomic E-state index is 0.124. The third-order valence-corrected chi connectivity index (χ3v) is 6.34. The minimum Gasteiger partial charge on any atom is -0.378 e. The van der Waals surface area contributed by atoms with E-state index in [0.29, 0.717) is 17.6 Å². The molecule has 2 aromatic rings. The fraction of sp³-hybridized carbons (Fsp3) is 0.500. The molecule has 0 heterocycles. The first kappa shape index (κ1) is 22.7. The van der Waals surface area contributed by atoms with Crippen LogP contribution in [-0.4, -0.2) is 12.7 Å². The summed E-state index contributed by atoms with van der Waals surface area (Å²) in [5, 5.41) is 0. The second kappa shape index (κ2) is 12.1. The number of benzene rings is 2. The largest absolute Gasteiger partial charge is 0.378 e. The van der Waals surface area contributed by atoms with Gasteiger partial charge in [0.05, 0.1) is 6.10 Å². The topological polar surface area (TPSA) is 9.23 Å². The summed E-state index contributed by atoms with van der Waals surface area (Å²) < 4.78 is 20.7. The molecular weight excluding hydrogens is 371 g/mol. The van der Waals surface area contributed by atoms with Gasteiger partial charge in [-0.05, 0) is 80.5 Å². The van der Waals surface area contributed by atoms with Crippen LogP contribution >= 0.6 is 0 Å². The Morgan fingerprint density at radius 2 is 1.77 bits per heavy atom. The third-order valence-electron chi connectivity index (χ3n) is 6.34. The van der Waals surface area contributed by atoms with E-state index in [1.807, 2.05) is 19.1 Å². The first-order valence-corrected chi connectivity index (χ1v) is 11.8. The normalized spacial score (nSPS) is 19.4. The molecule has 2 aromatic carbocycles. The van der Waals surface area contributed by atoms with Crippen LogP contribution in [0.1, 0.15) is 82.3 Å². The number of ether oxygens (including phenoxy) is 1. The molecule has 0 bridgehead atoms. The molecule has 0 aliphatic heterocycles. The van der Waals surface area contributed by atoms with Crippen LogP contribution in [-0.2, 0) is 11.2 Å². The van der Waals surface area contributed by atoms with Crippen LogP contribution < -0.4 is 0 Å². The van der Waals surface area contributed by atoms with Crippen molar-refractivity contribution in [1.82, 2.24) is 0 Å². The summed E-state index contributed by atoms with van der Waals surface area (Å²) in [6.07, 6.45) is 14.8. The van der Waals surface area contributed by atoms with Crippen LogP contribution in [0.4, 0.5) is 4.39 Å². The van der Waals surface area contributed by atoms with Gasteiger partial charge in [-0.15, -0.1) is 0 Å². The summed E-state index contributed by atoms with van der Waals surface area (Å²) in [5.74, 6) is 0.481. The van der Waals surface area contributed by atoms with Crippen LogP contribution in [0.5, 0.6) is 0 Å². The number of hydrogen-bond acceptors (Lipinski definition) is 1. The Labute approximate surface area is 182 Å². The molecule has 0 saturated heterocycles. The number of aryl methyl sites for hydroxylation is 1. The van der Waals surface area contributed by atoms with Gasteiger partial charge >= 0.3 is 0 Å². The highest BCUT2D eigenvalue weighted by molar-refractivity contribution is 5.65. The molecule has 3 rings (SSSR count). The highest BCUT2D eigenvalue weighted by atomic mass is 19.1. The van der Waals surface area contributed by atoms with Crippen molar-refractivity contribution >= 4 is 0 Å². The molecule has 1 saturated carbocycles. The molecule has 0 N–H and O–H groups in total. The second-order valence-corrected chi connectivity index (χ2v) is 8.60. The molecule has 0 radical (unpaired) electrons. The number of halogens is 1. The molecule has 0 atom stereocenters. The Morgan fingerprint density at radius 3 is 2.43 bits per heavy atom. The summed E-state index contributed by atoms with van der Waals surface area (Å²) in [5.41, 5.74) is 4.09. The van der Waals surface area contributed by atoms with E-state index in [2.05, 4.69) is 43.3 Å². The second-order valence-electron chi connectivity index (χ2n) is 8.60. The SMILES string of the molecule is C/C=C/CCc1ccc(-c2ccc(C3CCC(OCCCCC)CC3)cc2)c(F)c1. The Kier molecular flexibility index (Phi) is 9.14. The molecule has 1 aliphatic carbocycles. The first-order valence-electron chi connectivity index (χ1n) is 11.8. The molecule has 1 nitrogen and oxygen atoms in total. The lowest BCUT2D eigenvalue weighted by atomic mass is 9.82. The van der Waals surface area contributed by atoms with Crippen LogP contribution in [0.3, 0.4) is 0 Å². The predicted molar refractivity (Wildman–Crippen MR) is 125 cm³/mol. The van der Waals surface area contributed by atoms with Crippen molar-refractivity contribution < 1.29 is 9.13 Å². The number of unbranched alkanes of at least 4 members (excludes halogenated alkanes) is 2. The number of hydrogen-bond donors (Lipinski definition) is 0. The molecule has 0 spiro atoms. The van der Waals surface area contributed by atoms with Crippen molar-refractivity contribution in [2.45, 2.75) is 83.7 Å². The quantitative estimate of drug-likeness (QED) is 0.284. The lowest BCUT2D eigenvalue weighted by Gasteiger charge is -2.29. The summed E-state index contributed by atoms with van der Waals surface area (Å²) in [4.78, 5) is 0. The Morgan fingerprint density at radius 1 is 1.00 bits per heavy atom. The van der Waals surface area contributed by atoms with Crippen molar-refractivity contribution in [3.63, 3.8) is 0 Å². The van der Waals surface area contributed by atoms with E-state index in [4.69, 9.17) is 4.74 Å². The maximum absolute atomic E-state index is 14.7. The number of allylic oxidation sites excluding steroid dienone is 2. The predicted octanol–water partition coefficient (Wildman–Crippen LogP) is 8.23. The van der Waals surface area contributed by atoms with Gasteiger partial charge in [0.15, 0.2) is 0 Å². The summed E-state index contributed by atoms with van der Waals surface area (Å²) >= 11 is 0. The van der Waals surface area contributed by atoms with Crippen LogP contribution in [0.15, 0.2) is 54.6 Å². The molecule has 30 heavy (non-hydrogen) atoms. The van der Waals surface area contributed by atoms with E-state index >= 15 is 0 Å². The molecule has 1 fully saturated rings. The van der Waals surface area contributed by atoms with Crippen LogP contribution in [0.2, 0.25) is 0 Å². The zero-order valence-electron chi connectivity index (χ0n) is 18.7. The third kappa shape index (κ3) is 6.54. The van der Waals surface area contributed by atoms with Crippen LogP contribution in [0.25, 0.3) is 11.1 Å². The Bertz CT molecular complexity index is 785. The lowest BCUT2D eigenvalue weighted by molar-refractivity contribution is 0.0227. The van der Waals surface area contributed by atoms with Gasteiger partial charge < -0.3 is 4.74 Å². The van der Waals surface area contributed by atoms with Crippen molar-refractivity contribution in [3.05, 3.63) is 71.6 Å². The van der Waals surface area contributed by atoms with E-state index in [0.717, 1.165) is 43.4 Å². The monoisotopic (exact) mass is 408 g/mol. The summed E-state index contributed by atoms with van der Waals surface area (Å²) in [6.45, 7) is 5.16. The van der Waals surface area contributed by atoms with Gasteiger partial charge in [-0.3, -0.25) is 0 Å². The van der Waals surface area contributed by atoms with Crippen LogP contribution in [0, 0.1) is 5.82 Å². The molecule has 2 heteroatoms. The van der Waals surface area contributed by atoms with E-state index in [1.54, 1.807) is 6.07 Å². The summed E-state index contributed by atoms with van der Waals surface area (Å²) in [7, 11) is 0. The van der Waals surface area contributed by atoms with Gasteiger partial charge in [0.25, 0.3) is 0 Å². The smallest absolute Gasteiger partial charge is 0.131 e. The minimum atomic E-state index is -0.124. The first-order chi connectivity index (χ1) is 14.7. The zero-order valence-corrected chi connectivity index (χ0v) is 18.7. The van der Waals surface area contributed by atoms with E-state index in [9.17, 15) is 4.39 Å². The van der Waals surface area contributed by atoms with Crippen molar-refractivity contribution in [2.24, 2.45) is 0 Å². The highest BCUT2D eigenvalue weighted by Gasteiger charge is 2.22. The molecular formula is C28H37FO. The molecule has 162 valence electrons. The fourth-order valence-electron chi connectivity index (χ4n) is 4.46. The molecule has 0 amide bonds. The number of rotatable bonds is 10. The van der Waals surface area contributed by atoms with Gasteiger partial charge in [-0.2, -0.15) is 0 Å². The zero-order chi connectivity index (χ0) is 21.2.